The summed E-state index contributed by atoms with van der Waals surface area (Å²) in [5.41, 5.74) is 2.84. The highest BCUT2D eigenvalue weighted by Crippen LogP contribution is 2.33. The zero-order valence-electron chi connectivity index (χ0n) is 14.0. The van der Waals surface area contributed by atoms with Crippen LogP contribution in [0.4, 0.5) is 0 Å². The Morgan fingerprint density at radius 3 is 2.61 bits per heavy atom. The molecular weight excluding hydrogens is 286 g/mol. The van der Waals surface area contributed by atoms with Gasteiger partial charge in [-0.1, -0.05) is 37.3 Å². The van der Waals surface area contributed by atoms with Crippen molar-refractivity contribution in [2.45, 2.75) is 38.3 Å². The van der Waals surface area contributed by atoms with Gasteiger partial charge in [0.1, 0.15) is 6.61 Å². The summed E-state index contributed by atoms with van der Waals surface area (Å²) in [6.07, 6.45) is 6.33. The average molecular weight is 311 g/mol. The van der Waals surface area contributed by atoms with E-state index in [9.17, 15) is 0 Å². The zero-order chi connectivity index (χ0) is 16.1. The van der Waals surface area contributed by atoms with Gasteiger partial charge in [0, 0.05) is 43.6 Å². The number of nitrogens with zero attached hydrogens (tertiary/aromatic N) is 3. The van der Waals surface area contributed by atoms with Crippen molar-refractivity contribution in [2.24, 2.45) is 0 Å². The van der Waals surface area contributed by atoms with Crippen LogP contribution in [0.5, 0.6) is 0 Å². The van der Waals surface area contributed by atoms with Crippen LogP contribution in [0.25, 0.3) is 0 Å². The Balaban J connectivity index is 1.67. The second-order valence-electron chi connectivity index (χ2n) is 6.68. The summed E-state index contributed by atoms with van der Waals surface area (Å²) in [5, 5.41) is 0. The first kappa shape index (κ1) is 16.1. The Kier molecular flexibility index (Phi) is 5.03. The number of likely N-dealkylation sites (tertiary alicyclic amines) is 1. The molecule has 1 aromatic heterocycles. The molecule has 23 heavy (non-hydrogen) atoms. The molecule has 0 unspecified atom stereocenters. The van der Waals surface area contributed by atoms with E-state index in [0.717, 1.165) is 25.5 Å². The summed E-state index contributed by atoms with van der Waals surface area (Å²) in [4.78, 5) is 11.3. The van der Waals surface area contributed by atoms with E-state index in [0.29, 0.717) is 6.61 Å². The van der Waals surface area contributed by atoms with E-state index < -0.39 is 0 Å². The lowest BCUT2D eigenvalue weighted by Crippen LogP contribution is -2.43. The normalized spacial score (nSPS) is 22.2. The Morgan fingerprint density at radius 1 is 1.17 bits per heavy atom. The lowest BCUT2D eigenvalue weighted by Gasteiger charge is -2.41. The van der Waals surface area contributed by atoms with Crippen molar-refractivity contribution >= 4 is 0 Å². The molecular formula is C19H25N3O. The molecule has 1 aliphatic rings. The van der Waals surface area contributed by atoms with E-state index in [-0.39, 0.29) is 5.41 Å². The number of aromatic nitrogens is 2. The van der Waals surface area contributed by atoms with Gasteiger partial charge in [0.2, 0.25) is 0 Å². The van der Waals surface area contributed by atoms with Crippen molar-refractivity contribution in [3.05, 3.63) is 59.7 Å². The molecule has 1 saturated heterocycles. The molecule has 4 heteroatoms. The van der Waals surface area contributed by atoms with Crippen LogP contribution in [0.3, 0.4) is 0 Å². The van der Waals surface area contributed by atoms with Gasteiger partial charge in [0.25, 0.3) is 0 Å². The van der Waals surface area contributed by atoms with Crippen LogP contribution in [0, 0.1) is 0 Å². The third kappa shape index (κ3) is 3.95. The average Bonchev–Trinajstić information content (AvgIpc) is 2.58. The van der Waals surface area contributed by atoms with Gasteiger partial charge in [-0.25, -0.2) is 9.97 Å². The topological polar surface area (TPSA) is 38.2 Å². The van der Waals surface area contributed by atoms with Crippen LogP contribution < -0.4 is 0 Å². The van der Waals surface area contributed by atoms with Crippen LogP contribution in [-0.4, -0.2) is 35.1 Å². The van der Waals surface area contributed by atoms with Gasteiger partial charge in [-0.2, -0.15) is 0 Å². The molecule has 2 aromatic rings. The fourth-order valence-corrected chi connectivity index (χ4v) is 3.48. The van der Waals surface area contributed by atoms with Gasteiger partial charge in [-0.3, -0.25) is 4.90 Å². The summed E-state index contributed by atoms with van der Waals surface area (Å²) in [7, 11) is 1.66. The molecule has 1 fully saturated rings. The van der Waals surface area contributed by atoms with Gasteiger partial charge in [-0.15, -0.1) is 0 Å². The Morgan fingerprint density at radius 2 is 1.91 bits per heavy atom. The van der Waals surface area contributed by atoms with E-state index in [1.54, 1.807) is 7.11 Å². The number of methoxy groups -OCH3 is 1. The molecule has 0 radical (unpaired) electrons. The van der Waals surface area contributed by atoms with Crippen LogP contribution >= 0.6 is 0 Å². The van der Waals surface area contributed by atoms with Crippen molar-refractivity contribution in [3.8, 4) is 0 Å². The smallest absolute Gasteiger partial charge is 0.153 e. The molecule has 122 valence electrons. The highest BCUT2D eigenvalue weighted by molar-refractivity contribution is 5.25. The molecule has 0 bridgehead atoms. The number of benzene rings is 1. The van der Waals surface area contributed by atoms with E-state index in [1.807, 2.05) is 12.4 Å². The number of ether oxygens (including phenoxy) is 1. The summed E-state index contributed by atoms with van der Waals surface area (Å²) in [6.45, 7) is 5.98. The van der Waals surface area contributed by atoms with Crippen LogP contribution in [0.15, 0.2) is 42.7 Å². The molecule has 0 N–H and O–H groups in total. The molecule has 1 aliphatic heterocycles. The molecule has 1 atom stereocenters. The Bertz CT molecular complexity index is 614. The minimum atomic E-state index is 0.232. The van der Waals surface area contributed by atoms with Gasteiger partial charge in [0.15, 0.2) is 5.82 Å². The number of rotatable bonds is 5. The van der Waals surface area contributed by atoms with Crippen molar-refractivity contribution < 1.29 is 4.74 Å². The van der Waals surface area contributed by atoms with Crippen molar-refractivity contribution in [1.82, 2.24) is 14.9 Å². The first-order valence-electron chi connectivity index (χ1n) is 8.26. The second-order valence-corrected chi connectivity index (χ2v) is 6.68. The van der Waals surface area contributed by atoms with Gasteiger partial charge in [0.05, 0.1) is 0 Å². The number of hydrogen-bond acceptors (Lipinski definition) is 4. The summed E-state index contributed by atoms with van der Waals surface area (Å²) in [6, 6.07) is 10.9. The molecule has 2 heterocycles. The lowest BCUT2D eigenvalue weighted by molar-refractivity contribution is 0.149. The zero-order valence-corrected chi connectivity index (χ0v) is 14.0. The predicted octanol–water partition coefficient (Wildman–Crippen LogP) is 3.18. The van der Waals surface area contributed by atoms with Crippen LogP contribution in [0.1, 0.15) is 36.7 Å². The highest BCUT2D eigenvalue weighted by Gasteiger charge is 2.32. The van der Waals surface area contributed by atoms with Crippen molar-refractivity contribution in [2.75, 3.05) is 20.2 Å². The first-order chi connectivity index (χ1) is 11.2. The maximum Gasteiger partial charge on any atom is 0.153 e. The summed E-state index contributed by atoms with van der Waals surface area (Å²) < 4.78 is 5.06. The number of hydrogen-bond donors (Lipinski definition) is 0. The lowest BCUT2D eigenvalue weighted by atomic mass is 9.76. The maximum atomic E-state index is 5.06. The Hall–Kier alpha value is -1.78. The van der Waals surface area contributed by atoms with E-state index in [1.165, 1.54) is 24.0 Å². The third-order valence-corrected chi connectivity index (χ3v) is 4.68. The monoisotopic (exact) mass is 311 g/mol. The molecule has 0 amide bonds. The van der Waals surface area contributed by atoms with E-state index >= 15 is 0 Å². The van der Waals surface area contributed by atoms with Crippen molar-refractivity contribution in [3.63, 3.8) is 0 Å². The highest BCUT2D eigenvalue weighted by atomic mass is 16.5. The summed E-state index contributed by atoms with van der Waals surface area (Å²) >= 11 is 0. The standard InChI is InChI=1S/C19H25N3O/c1-19(17-7-4-3-5-8-17)9-6-10-22(15-19)13-16-11-20-18(14-23-2)21-12-16/h3-5,7-8,11-12H,6,9-10,13-15H2,1-2H3/t19-/m1/s1. The molecule has 0 spiro atoms. The molecule has 1 aromatic carbocycles. The van der Waals surface area contributed by atoms with Crippen molar-refractivity contribution in [1.29, 1.82) is 0 Å². The predicted molar refractivity (Wildman–Crippen MR) is 91.1 cm³/mol. The maximum absolute atomic E-state index is 5.06. The molecule has 4 nitrogen and oxygen atoms in total. The number of piperidine rings is 1. The quantitative estimate of drug-likeness (QED) is 0.850. The van der Waals surface area contributed by atoms with Gasteiger partial charge < -0.3 is 4.74 Å². The van der Waals surface area contributed by atoms with E-state index in [4.69, 9.17) is 4.74 Å². The molecule has 0 aliphatic carbocycles. The fourth-order valence-electron chi connectivity index (χ4n) is 3.48. The third-order valence-electron chi connectivity index (χ3n) is 4.68. The minimum Gasteiger partial charge on any atom is -0.377 e. The van der Waals surface area contributed by atoms with Gasteiger partial charge >= 0.3 is 0 Å². The van der Waals surface area contributed by atoms with Crippen LogP contribution in [0.2, 0.25) is 0 Å². The second kappa shape index (κ2) is 7.20. The molecule has 3 rings (SSSR count). The van der Waals surface area contributed by atoms with Crippen LogP contribution in [-0.2, 0) is 23.3 Å². The minimum absolute atomic E-state index is 0.232. The first-order valence-corrected chi connectivity index (χ1v) is 8.26. The largest absolute Gasteiger partial charge is 0.377 e. The SMILES string of the molecule is COCc1ncc(CN2CCC[C@@](C)(c3ccccc3)C2)cn1. The van der Waals surface area contributed by atoms with Gasteiger partial charge in [-0.05, 0) is 24.9 Å². The summed E-state index contributed by atoms with van der Waals surface area (Å²) in [5.74, 6) is 0.740. The molecule has 0 saturated carbocycles. The van der Waals surface area contributed by atoms with E-state index in [2.05, 4.69) is 52.1 Å². The Labute approximate surface area is 138 Å². The fraction of sp³-hybridized carbons (Fsp3) is 0.474.